The number of hydrogen-bond acceptors (Lipinski definition) is 5. The van der Waals surface area contributed by atoms with Crippen LogP contribution < -0.4 is 9.47 Å². The fraction of sp³-hybridized carbons (Fsp3) is 0.629. The number of unbranched alkanes of at least 4 members (excludes halogenated alkanes) is 15. The van der Waals surface area contributed by atoms with E-state index in [0.717, 1.165) is 22.9 Å². The van der Waals surface area contributed by atoms with Crippen LogP contribution in [0.5, 0.6) is 11.5 Å². The molecular formula is C35H54O5. The normalized spacial score (nSPS) is 11.8. The number of ether oxygens (including phenoxy) is 4. The van der Waals surface area contributed by atoms with Gasteiger partial charge < -0.3 is 18.9 Å². The Hall–Kier alpha value is -2.53. The zero-order valence-corrected chi connectivity index (χ0v) is 25.3. The van der Waals surface area contributed by atoms with Gasteiger partial charge in [0.15, 0.2) is 6.10 Å². The van der Waals surface area contributed by atoms with E-state index >= 15 is 0 Å². The number of carbonyl (C=O) groups excluding carboxylic acids is 1. The summed E-state index contributed by atoms with van der Waals surface area (Å²) in [6.07, 6.45) is 22.2. The van der Waals surface area contributed by atoms with E-state index in [1.165, 1.54) is 102 Å². The summed E-state index contributed by atoms with van der Waals surface area (Å²) in [5.41, 5.74) is 0. The van der Waals surface area contributed by atoms with Gasteiger partial charge in [-0.2, -0.15) is 0 Å². The second-order valence-corrected chi connectivity index (χ2v) is 10.8. The number of benzene rings is 2. The maximum absolute atomic E-state index is 11.9. The Morgan fingerprint density at radius 1 is 0.725 bits per heavy atom. The third-order valence-electron chi connectivity index (χ3n) is 7.38. The first kappa shape index (κ1) is 33.7. The summed E-state index contributed by atoms with van der Waals surface area (Å²) in [4.78, 5) is 11.9. The molecule has 0 radical (unpaired) electrons. The van der Waals surface area contributed by atoms with Gasteiger partial charge in [-0.3, -0.25) is 0 Å². The molecule has 2 rings (SSSR count). The number of fused-ring (bicyclic) bond motifs is 1. The fourth-order valence-corrected chi connectivity index (χ4v) is 5.03. The zero-order valence-electron chi connectivity index (χ0n) is 25.3. The second-order valence-electron chi connectivity index (χ2n) is 10.8. The Balaban J connectivity index is 1.54. The average molecular weight is 555 g/mol. The first-order valence-electron chi connectivity index (χ1n) is 15.8. The minimum atomic E-state index is -0.507. The minimum absolute atomic E-state index is 0.203. The summed E-state index contributed by atoms with van der Waals surface area (Å²) in [5, 5.41) is 1.92. The molecule has 224 valence electrons. The van der Waals surface area contributed by atoms with E-state index in [-0.39, 0.29) is 6.61 Å². The fourth-order valence-electron chi connectivity index (χ4n) is 5.03. The molecule has 0 fully saturated rings. The van der Waals surface area contributed by atoms with Gasteiger partial charge in [-0.1, -0.05) is 134 Å². The monoisotopic (exact) mass is 554 g/mol. The van der Waals surface area contributed by atoms with Gasteiger partial charge in [0.05, 0.1) is 13.7 Å². The highest BCUT2D eigenvalue weighted by molar-refractivity contribution is 5.93. The van der Waals surface area contributed by atoms with Crippen LogP contribution in [0.25, 0.3) is 10.8 Å². The lowest BCUT2D eigenvalue weighted by Crippen LogP contribution is -2.29. The van der Waals surface area contributed by atoms with Gasteiger partial charge in [0.2, 0.25) is 0 Å². The van der Waals surface area contributed by atoms with Gasteiger partial charge in [0.25, 0.3) is 0 Å². The molecule has 0 aliphatic carbocycles. The first-order chi connectivity index (χ1) is 19.7. The number of rotatable bonds is 25. The smallest absolute Gasteiger partial charge is 0.330 e. The second kappa shape index (κ2) is 22.2. The third kappa shape index (κ3) is 14.2. The summed E-state index contributed by atoms with van der Waals surface area (Å²) in [6, 6.07) is 11.7. The molecule has 0 aliphatic heterocycles. The predicted octanol–water partition coefficient (Wildman–Crippen LogP) is 9.60. The van der Waals surface area contributed by atoms with Crippen LogP contribution in [-0.2, 0) is 14.3 Å². The van der Waals surface area contributed by atoms with Gasteiger partial charge in [-0.05, 0) is 18.6 Å². The average Bonchev–Trinajstić information content (AvgIpc) is 2.98. The lowest BCUT2D eigenvalue weighted by atomic mass is 10.0. The Bertz CT molecular complexity index is 941. The first-order valence-corrected chi connectivity index (χ1v) is 15.8. The number of esters is 1. The van der Waals surface area contributed by atoms with Crippen molar-refractivity contribution in [1.82, 2.24) is 0 Å². The van der Waals surface area contributed by atoms with Crippen molar-refractivity contribution < 1.29 is 23.7 Å². The van der Waals surface area contributed by atoms with E-state index in [1.807, 2.05) is 36.4 Å². The maximum Gasteiger partial charge on any atom is 0.330 e. The van der Waals surface area contributed by atoms with Crippen molar-refractivity contribution >= 4 is 16.7 Å². The molecule has 0 spiro atoms. The molecule has 0 saturated carbocycles. The van der Waals surface area contributed by atoms with Gasteiger partial charge >= 0.3 is 5.97 Å². The van der Waals surface area contributed by atoms with E-state index in [1.54, 1.807) is 7.11 Å². The number of carbonyl (C=O) groups is 1. The van der Waals surface area contributed by atoms with Crippen molar-refractivity contribution in [3.63, 3.8) is 0 Å². The van der Waals surface area contributed by atoms with Crippen LogP contribution in [0.2, 0.25) is 0 Å². The summed E-state index contributed by atoms with van der Waals surface area (Å²) >= 11 is 0. The molecule has 1 unspecified atom stereocenters. The summed E-state index contributed by atoms with van der Waals surface area (Å²) < 4.78 is 22.9. The lowest BCUT2D eigenvalue weighted by molar-refractivity contribution is -0.148. The van der Waals surface area contributed by atoms with E-state index in [9.17, 15) is 4.79 Å². The molecule has 0 N–H and O–H groups in total. The quantitative estimate of drug-likeness (QED) is 0.0695. The SMILES string of the molecule is C=CC(=O)OC(COCCCCCCCCCCCCCCCCCC)COc1ccc(OC)c2ccccc12. The van der Waals surface area contributed by atoms with E-state index in [4.69, 9.17) is 18.9 Å². The van der Waals surface area contributed by atoms with Crippen molar-refractivity contribution in [3.05, 3.63) is 49.1 Å². The zero-order chi connectivity index (χ0) is 28.7. The molecule has 0 heterocycles. The van der Waals surface area contributed by atoms with Gasteiger partial charge in [-0.15, -0.1) is 0 Å². The molecule has 2 aromatic rings. The summed E-state index contributed by atoms with van der Waals surface area (Å²) in [7, 11) is 1.66. The molecular weight excluding hydrogens is 500 g/mol. The minimum Gasteiger partial charge on any atom is -0.496 e. The molecule has 5 nitrogen and oxygen atoms in total. The molecule has 0 saturated heterocycles. The van der Waals surface area contributed by atoms with Gasteiger partial charge in [0.1, 0.15) is 18.1 Å². The van der Waals surface area contributed by atoms with Crippen molar-refractivity contribution in [3.8, 4) is 11.5 Å². The van der Waals surface area contributed by atoms with Crippen LogP contribution in [0, 0.1) is 0 Å². The van der Waals surface area contributed by atoms with Crippen molar-refractivity contribution in [2.45, 2.75) is 116 Å². The van der Waals surface area contributed by atoms with Crippen LogP contribution in [0.3, 0.4) is 0 Å². The van der Waals surface area contributed by atoms with Crippen LogP contribution >= 0.6 is 0 Å². The lowest BCUT2D eigenvalue weighted by Gasteiger charge is -2.19. The summed E-state index contributed by atoms with van der Waals surface area (Å²) in [5.74, 6) is 1.03. The highest BCUT2D eigenvalue weighted by Gasteiger charge is 2.16. The Kier molecular flexibility index (Phi) is 18.7. The molecule has 5 heteroatoms. The molecule has 2 aromatic carbocycles. The molecule has 0 aliphatic rings. The molecule has 1 atom stereocenters. The van der Waals surface area contributed by atoms with Gasteiger partial charge in [-0.25, -0.2) is 4.79 Å². The summed E-state index contributed by atoms with van der Waals surface area (Å²) in [6.45, 7) is 6.95. The van der Waals surface area contributed by atoms with Crippen LogP contribution in [0.4, 0.5) is 0 Å². The number of hydrogen-bond donors (Lipinski definition) is 0. The number of methoxy groups -OCH3 is 1. The molecule has 0 bridgehead atoms. The van der Waals surface area contributed by atoms with Gasteiger partial charge in [0, 0.05) is 23.5 Å². The standard InChI is InChI=1S/C35H54O5/c1-4-6-7-8-9-10-11-12-13-14-15-16-17-18-19-22-27-38-28-30(40-35(36)5-2)29-39-34-26-25-33(37-3)31-23-20-21-24-32(31)34/h5,20-21,23-26,30H,2,4,6-19,22,27-29H2,1,3H3. The Morgan fingerprint density at radius 2 is 1.23 bits per heavy atom. The molecule has 0 amide bonds. The maximum atomic E-state index is 11.9. The topological polar surface area (TPSA) is 54.0 Å². The Labute approximate surface area is 243 Å². The van der Waals surface area contributed by atoms with Crippen molar-refractivity contribution in [1.29, 1.82) is 0 Å². The molecule has 0 aromatic heterocycles. The van der Waals surface area contributed by atoms with Crippen LogP contribution in [0.15, 0.2) is 49.1 Å². The van der Waals surface area contributed by atoms with Crippen LogP contribution in [0.1, 0.15) is 110 Å². The highest BCUT2D eigenvalue weighted by atomic mass is 16.6. The van der Waals surface area contributed by atoms with Crippen molar-refractivity contribution in [2.75, 3.05) is 26.9 Å². The van der Waals surface area contributed by atoms with Crippen molar-refractivity contribution in [2.24, 2.45) is 0 Å². The predicted molar refractivity (Wildman–Crippen MR) is 166 cm³/mol. The Morgan fingerprint density at radius 3 is 1.75 bits per heavy atom. The van der Waals surface area contributed by atoms with E-state index in [0.29, 0.717) is 19.0 Å². The largest absolute Gasteiger partial charge is 0.496 e. The van der Waals surface area contributed by atoms with E-state index < -0.39 is 12.1 Å². The van der Waals surface area contributed by atoms with E-state index in [2.05, 4.69) is 13.5 Å². The van der Waals surface area contributed by atoms with Crippen LogP contribution in [-0.4, -0.2) is 39.0 Å². The highest BCUT2D eigenvalue weighted by Crippen LogP contribution is 2.33. The third-order valence-corrected chi connectivity index (χ3v) is 7.38. The molecule has 40 heavy (non-hydrogen) atoms.